The topological polar surface area (TPSA) is 47.3 Å². The largest absolute Gasteiger partial charge is 0.367 e. The Morgan fingerprint density at radius 3 is 3.25 bits per heavy atom. The Hall–Kier alpha value is -0.870. The second kappa shape index (κ2) is 4.90. The third-order valence-electron chi connectivity index (χ3n) is 1.58. The standard InChI is InChI=1S/C8H14N2O2.H2/c1-3-11-6-9-7(2)8-4-5-10-12-8;/h4-5,7,9H,3,6H2,1-2H3;1H. The minimum atomic E-state index is 0. The lowest BCUT2D eigenvalue weighted by atomic mass is 10.3. The van der Waals surface area contributed by atoms with Crippen LogP contribution < -0.4 is 5.32 Å². The highest BCUT2D eigenvalue weighted by molar-refractivity contribution is 4.98. The van der Waals surface area contributed by atoms with Crippen LogP contribution in [0, 0.1) is 0 Å². The normalized spacial score (nSPS) is 13.2. The van der Waals surface area contributed by atoms with Crippen LogP contribution >= 0.6 is 0 Å². The molecular formula is C8H16N2O2. The molecule has 0 saturated carbocycles. The molecule has 0 aliphatic heterocycles. The molecule has 1 aromatic heterocycles. The number of rotatable bonds is 5. The zero-order valence-electron chi connectivity index (χ0n) is 7.41. The number of hydrogen-bond donors (Lipinski definition) is 1. The Morgan fingerprint density at radius 2 is 2.67 bits per heavy atom. The van der Waals surface area contributed by atoms with Gasteiger partial charge in [0.15, 0.2) is 5.76 Å². The molecule has 1 heterocycles. The maximum absolute atomic E-state index is 5.13. The number of hydrogen-bond acceptors (Lipinski definition) is 4. The van der Waals surface area contributed by atoms with Crippen LogP contribution in [0.15, 0.2) is 16.8 Å². The highest BCUT2D eigenvalue weighted by Crippen LogP contribution is 2.09. The van der Waals surface area contributed by atoms with E-state index in [0.29, 0.717) is 6.73 Å². The molecule has 0 bridgehead atoms. The number of aromatic nitrogens is 1. The lowest BCUT2D eigenvalue weighted by Crippen LogP contribution is -2.21. The molecule has 1 aromatic rings. The van der Waals surface area contributed by atoms with Crippen LogP contribution in [0.2, 0.25) is 0 Å². The van der Waals surface area contributed by atoms with Crippen LogP contribution in [-0.4, -0.2) is 18.5 Å². The van der Waals surface area contributed by atoms with Gasteiger partial charge < -0.3 is 9.26 Å². The average molecular weight is 172 g/mol. The number of nitrogens with zero attached hydrogens (tertiary/aromatic N) is 1. The van der Waals surface area contributed by atoms with Crippen LogP contribution in [0.3, 0.4) is 0 Å². The maximum Gasteiger partial charge on any atom is 0.153 e. The Labute approximate surface area is 73.4 Å². The van der Waals surface area contributed by atoms with Crippen molar-refractivity contribution in [2.45, 2.75) is 19.9 Å². The van der Waals surface area contributed by atoms with Crippen molar-refractivity contribution in [3.05, 3.63) is 18.0 Å². The van der Waals surface area contributed by atoms with Gasteiger partial charge in [-0.3, -0.25) is 5.32 Å². The van der Waals surface area contributed by atoms with E-state index >= 15 is 0 Å². The minimum Gasteiger partial charge on any atom is -0.367 e. The molecule has 0 saturated heterocycles. The van der Waals surface area contributed by atoms with E-state index in [0.717, 1.165) is 12.4 Å². The van der Waals surface area contributed by atoms with Crippen LogP contribution in [-0.2, 0) is 4.74 Å². The summed E-state index contributed by atoms with van der Waals surface area (Å²) in [7, 11) is 0. The quantitative estimate of drug-likeness (QED) is 0.541. The number of ether oxygens (including phenoxy) is 1. The Kier molecular flexibility index (Phi) is 3.76. The van der Waals surface area contributed by atoms with E-state index < -0.39 is 0 Å². The van der Waals surface area contributed by atoms with Crippen molar-refractivity contribution in [2.75, 3.05) is 13.3 Å². The first-order valence-electron chi connectivity index (χ1n) is 4.06. The molecule has 1 atom stereocenters. The fourth-order valence-electron chi connectivity index (χ4n) is 0.836. The van der Waals surface area contributed by atoms with Gasteiger partial charge in [-0.05, 0) is 13.8 Å². The van der Waals surface area contributed by atoms with Crippen molar-refractivity contribution < 1.29 is 10.7 Å². The molecule has 1 N–H and O–H groups in total. The van der Waals surface area contributed by atoms with Gasteiger partial charge in [-0.1, -0.05) is 5.16 Å². The molecule has 0 radical (unpaired) electrons. The molecule has 4 heteroatoms. The predicted octanol–water partition coefficient (Wildman–Crippen LogP) is 1.57. The van der Waals surface area contributed by atoms with Gasteiger partial charge >= 0.3 is 0 Å². The zero-order chi connectivity index (χ0) is 8.81. The summed E-state index contributed by atoms with van der Waals surface area (Å²) < 4.78 is 10.1. The van der Waals surface area contributed by atoms with Crippen molar-refractivity contribution in [1.29, 1.82) is 0 Å². The van der Waals surface area contributed by atoms with Gasteiger partial charge in [-0.15, -0.1) is 0 Å². The summed E-state index contributed by atoms with van der Waals surface area (Å²) in [4.78, 5) is 0. The van der Waals surface area contributed by atoms with Gasteiger partial charge in [0, 0.05) is 14.1 Å². The van der Waals surface area contributed by atoms with Crippen molar-refractivity contribution >= 4 is 0 Å². The van der Waals surface area contributed by atoms with Gasteiger partial charge in [0.1, 0.15) is 0 Å². The third kappa shape index (κ3) is 2.64. The molecule has 70 valence electrons. The van der Waals surface area contributed by atoms with Gasteiger partial charge in [0.2, 0.25) is 0 Å². The van der Waals surface area contributed by atoms with Crippen LogP contribution in [0.25, 0.3) is 0 Å². The lowest BCUT2D eigenvalue weighted by molar-refractivity contribution is 0.117. The zero-order valence-corrected chi connectivity index (χ0v) is 7.41. The molecule has 0 aliphatic rings. The van der Waals surface area contributed by atoms with Crippen LogP contribution in [0.5, 0.6) is 0 Å². The van der Waals surface area contributed by atoms with Gasteiger partial charge in [-0.2, -0.15) is 0 Å². The monoisotopic (exact) mass is 172 g/mol. The van der Waals surface area contributed by atoms with Gasteiger partial charge in [0.25, 0.3) is 0 Å². The molecule has 1 rings (SSSR count). The van der Waals surface area contributed by atoms with Crippen molar-refractivity contribution in [3.63, 3.8) is 0 Å². The fourth-order valence-corrected chi connectivity index (χ4v) is 0.836. The fraction of sp³-hybridized carbons (Fsp3) is 0.625. The molecule has 0 spiro atoms. The first-order valence-corrected chi connectivity index (χ1v) is 4.06. The summed E-state index contributed by atoms with van der Waals surface area (Å²) in [6.07, 6.45) is 1.63. The Bertz CT molecular complexity index is 204. The summed E-state index contributed by atoms with van der Waals surface area (Å²) in [6.45, 7) is 5.22. The average Bonchev–Trinajstić information content (AvgIpc) is 2.56. The second-order valence-electron chi connectivity index (χ2n) is 2.48. The van der Waals surface area contributed by atoms with E-state index in [1.807, 2.05) is 19.9 Å². The Balaban J connectivity index is 0.00000144. The van der Waals surface area contributed by atoms with E-state index in [4.69, 9.17) is 9.26 Å². The molecule has 1 unspecified atom stereocenters. The van der Waals surface area contributed by atoms with Gasteiger partial charge in [-0.25, -0.2) is 0 Å². The highest BCUT2D eigenvalue weighted by atomic mass is 16.5. The van der Waals surface area contributed by atoms with E-state index in [1.165, 1.54) is 0 Å². The lowest BCUT2D eigenvalue weighted by Gasteiger charge is -2.09. The van der Waals surface area contributed by atoms with Crippen molar-refractivity contribution in [3.8, 4) is 0 Å². The van der Waals surface area contributed by atoms with Gasteiger partial charge in [0.05, 0.1) is 19.0 Å². The minimum absolute atomic E-state index is 0. The molecule has 0 amide bonds. The first-order chi connectivity index (χ1) is 5.84. The first kappa shape index (κ1) is 9.22. The summed E-state index contributed by atoms with van der Waals surface area (Å²) in [5.74, 6) is 0.828. The molecule has 12 heavy (non-hydrogen) atoms. The molecule has 4 nitrogen and oxygen atoms in total. The molecular weight excluding hydrogens is 156 g/mol. The van der Waals surface area contributed by atoms with E-state index in [-0.39, 0.29) is 7.47 Å². The van der Waals surface area contributed by atoms with Crippen LogP contribution in [0.4, 0.5) is 0 Å². The molecule has 0 fully saturated rings. The smallest absolute Gasteiger partial charge is 0.153 e. The second-order valence-corrected chi connectivity index (χ2v) is 2.48. The highest BCUT2D eigenvalue weighted by Gasteiger charge is 2.06. The Morgan fingerprint density at radius 1 is 1.83 bits per heavy atom. The van der Waals surface area contributed by atoms with E-state index in [2.05, 4.69) is 10.5 Å². The number of nitrogens with one attached hydrogen (secondary N) is 1. The summed E-state index contributed by atoms with van der Waals surface area (Å²) in [6, 6.07) is 1.99. The summed E-state index contributed by atoms with van der Waals surface area (Å²) in [5, 5.41) is 6.75. The summed E-state index contributed by atoms with van der Waals surface area (Å²) in [5.41, 5.74) is 0. The molecule has 0 aromatic carbocycles. The summed E-state index contributed by atoms with van der Waals surface area (Å²) >= 11 is 0. The van der Waals surface area contributed by atoms with E-state index in [9.17, 15) is 0 Å². The van der Waals surface area contributed by atoms with Crippen LogP contribution in [0.1, 0.15) is 27.1 Å². The molecule has 0 aliphatic carbocycles. The third-order valence-corrected chi connectivity index (χ3v) is 1.58. The van der Waals surface area contributed by atoms with E-state index in [1.54, 1.807) is 6.20 Å². The predicted molar refractivity (Wildman–Crippen MR) is 46.7 cm³/mol. The maximum atomic E-state index is 5.13. The SMILES string of the molecule is CCOCNC(C)c1ccno1.[HH]. The van der Waals surface area contributed by atoms with Crippen molar-refractivity contribution in [1.82, 2.24) is 10.5 Å². The van der Waals surface area contributed by atoms with Crippen molar-refractivity contribution in [2.24, 2.45) is 0 Å².